The Labute approximate surface area is 151 Å². The zero-order valence-electron chi connectivity index (χ0n) is 15.1. The average Bonchev–Trinajstić information content (AvgIpc) is 3.07. The molecule has 0 spiro atoms. The van der Waals surface area contributed by atoms with Crippen LogP contribution in [0.1, 0.15) is 38.1 Å². The summed E-state index contributed by atoms with van der Waals surface area (Å²) in [5.74, 6) is -1.36. The van der Waals surface area contributed by atoms with Crippen LogP contribution < -0.4 is 10.6 Å². The van der Waals surface area contributed by atoms with Crippen molar-refractivity contribution < 1.29 is 19.1 Å². The first-order valence-corrected chi connectivity index (χ1v) is 8.10. The van der Waals surface area contributed by atoms with E-state index in [1.165, 1.54) is 6.92 Å². The molecule has 1 atom stereocenters. The van der Waals surface area contributed by atoms with Gasteiger partial charge < -0.3 is 10.1 Å². The van der Waals surface area contributed by atoms with Crippen LogP contribution in [0, 0.1) is 0 Å². The molecule has 8 heteroatoms. The van der Waals surface area contributed by atoms with E-state index in [1.807, 2.05) is 0 Å². The summed E-state index contributed by atoms with van der Waals surface area (Å²) in [7, 11) is 0. The fourth-order valence-corrected chi connectivity index (χ4v) is 2.04. The van der Waals surface area contributed by atoms with E-state index < -0.39 is 29.6 Å². The van der Waals surface area contributed by atoms with Gasteiger partial charge >= 0.3 is 12.0 Å². The number of carbonyl (C=O) groups is 3. The van der Waals surface area contributed by atoms with Crippen molar-refractivity contribution in [3.8, 4) is 5.69 Å². The number of hydrogen-bond donors (Lipinski definition) is 2. The van der Waals surface area contributed by atoms with Gasteiger partial charge in [0.1, 0.15) is 0 Å². The summed E-state index contributed by atoms with van der Waals surface area (Å²) < 4.78 is 6.76. The number of urea groups is 1. The van der Waals surface area contributed by atoms with E-state index in [0.717, 1.165) is 5.69 Å². The van der Waals surface area contributed by atoms with Gasteiger partial charge in [-0.3, -0.25) is 10.1 Å². The van der Waals surface area contributed by atoms with E-state index in [9.17, 15) is 14.4 Å². The van der Waals surface area contributed by atoms with Crippen LogP contribution in [-0.2, 0) is 9.53 Å². The second-order valence-corrected chi connectivity index (χ2v) is 6.74. The Morgan fingerprint density at radius 1 is 1.15 bits per heavy atom. The summed E-state index contributed by atoms with van der Waals surface area (Å²) in [6.45, 7) is 6.75. The van der Waals surface area contributed by atoms with Gasteiger partial charge in [-0.2, -0.15) is 5.10 Å². The average molecular weight is 358 g/mol. The first kappa shape index (κ1) is 19.2. The fraction of sp³-hybridized carbons (Fsp3) is 0.333. The van der Waals surface area contributed by atoms with Crippen molar-refractivity contribution in [1.29, 1.82) is 0 Å². The lowest BCUT2D eigenvalue weighted by Crippen LogP contribution is -2.50. The van der Waals surface area contributed by atoms with Gasteiger partial charge in [-0.05, 0) is 58.0 Å². The zero-order chi connectivity index (χ0) is 19.3. The van der Waals surface area contributed by atoms with Crippen LogP contribution in [-0.4, -0.2) is 39.3 Å². The highest BCUT2D eigenvalue weighted by molar-refractivity contribution is 5.98. The predicted molar refractivity (Wildman–Crippen MR) is 94.9 cm³/mol. The number of imide groups is 1. The molecule has 0 aliphatic heterocycles. The van der Waals surface area contributed by atoms with Crippen molar-refractivity contribution in [3.05, 3.63) is 48.3 Å². The molecule has 0 unspecified atom stereocenters. The molecular formula is C18H22N4O4. The molecular weight excluding hydrogens is 336 g/mol. The van der Waals surface area contributed by atoms with Gasteiger partial charge in [-0.25, -0.2) is 14.3 Å². The molecule has 0 saturated carbocycles. The van der Waals surface area contributed by atoms with Gasteiger partial charge in [0.05, 0.1) is 11.3 Å². The maximum atomic E-state index is 12.1. The van der Waals surface area contributed by atoms with Gasteiger partial charge in [0.15, 0.2) is 6.10 Å². The monoisotopic (exact) mass is 358 g/mol. The molecule has 1 aromatic heterocycles. The molecule has 0 bridgehead atoms. The van der Waals surface area contributed by atoms with Crippen LogP contribution in [0.2, 0.25) is 0 Å². The summed E-state index contributed by atoms with van der Waals surface area (Å²) in [4.78, 5) is 35.8. The molecule has 0 saturated heterocycles. The summed E-state index contributed by atoms with van der Waals surface area (Å²) in [6.07, 6.45) is 2.32. The van der Waals surface area contributed by atoms with Crippen molar-refractivity contribution in [3.63, 3.8) is 0 Å². The lowest BCUT2D eigenvalue weighted by atomic mass is 10.1. The predicted octanol–water partition coefficient (Wildman–Crippen LogP) is 2.04. The number of ether oxygens (including phenoxy) is 1. The molecule has 0 radical (unpaired) electrons. The van der Waals surface area contributed by atoms with Crippen molar-refractivity contribution in [1.82, 2.24) is 20.4 Å². The number of hydrogen-bond acceptors (Lipinski definition) is 5. The molecule has 0 aliphatic rings. The molecule has 1 heterocycles. The maximum Gasteiger partial charge on any atom is 0.338 e. The van der Waals surface area contributed by atoms with Gasteiger partial charge in [0.25, 0.3) is 5.91 Å². The van der Waals surface area contributed by atoms with E-state index in [0.29, 0.717) is 5.56 Å². The molecule has 138 valence electrons. The Balaban J connectivity index is 1.92. The van der Waals surface area contributed by atoms with Crippen molar-refractivity contribution in [2.75, 3.05) is 0 Å². The van der Waals surface area contributed by atoms with Crippen LogP contribution >= 0.6 is 0 Å². The molecule has 0 aliphatic carbocycles. The normalized spacial score (nSPS) is 12.2. The standard InChI is InChI=1S/C18H22N4O4/c1-12(15(23)20-17(25)21-18(2,3)4)26-16(24)13-6-8-14(9-7-13)22-11-5-10-19-22/h5-12H,1-4H3,(H2,20,21,23,25)/t12-/m0/s1. The smallest absolute Gasteiger partial charge is 0.338 e. The van der Waals surface area contributed by atoms with Crippen LogP contribution in [0.15, 0.2) is 42.7 Å². The molecule has 3 amide bonds. The molecule has 0 fully saturated rings. The minimum Gasteiger partial charge on any atom is -0.449 e. The summed E-state index contributed by atoms with van der Waals surface area (Å²) in [5.41, 5.74) is 0.594. The molecule has 2 aromatic rings. The number of esters is 1. The Hall–Kier alpha value is -3.16. The van der Waals surface area contributed by atoms with E-state index in [2.05, 4.69) is 15.7 Å². The highest BCUT2D eigenvalue weighted by Gasteiger charge is 2.22. The third-order valence-corrected chi connectivity index (χ3v) is 3.25. The lowest BCUT2D eigenvalue weighted by molar-refractivity contribution is -0.127. The van der Waals surface area contributed by atoms with E-state index in [-0.39, 0.29) is 0 Å². The minimum atomic E-state index is -1.11. The molecule has 26 heavy (non-hydrogen) atoms. The topological polar surface area (TPSA) is 102 Å². The maximum absolute atomic E-state index is 12.1. The first-order chi connectivity index (χ1) is 12.2. The van der Waals surface area contributed by atoms with Crippen LogP contribution in [0.25, 0.3) is 5.69 Å². The summed E-state index contributed by atoms with van der Waals surface area (Å²) >= 11 is 0. The Morgan fingerprint density at radius 3 is 2.35 bits per heavy atom. The summed E-state index contributed by atoms with van der Waals surface area (Å²) in [6, 6.07) is 7.73. The lowest BCUT2D eigenvalue weighted by Gasteiger charge is -2.21. The molecule has 2 N–H and O–H groups in total. The number of aromatic nitrogens is 2. The number of carbonyl (C=O) groups excluding carboxylic acids is 3. The first-order valence-electron chi connectivity index (χ1n) is 8.10. The fourth-order valence-electron chi connectivity index (χ4n) is 2.04. The minimum absolute atomic E-state index is 0.291. The Bertz CT molecular complexity index is 777. The van der Waals surface area contributed by atoms with E-state index in [1.54, 1.807) is 68.2 Å². The molecule has 1 aromatic carbocycles. The van der Waals surface area contributed by atoms with Gasteiger partial charge in [-0.15, -0.1) is 0 Å². The summed E-state index contributed by atoms with van der Waals surface area (Å²) in [5, 5.41) is 8.83. The van der Waals surface area contributed by atoms with E-state index in [4.69, 9.17) is 4.74 Å². The third kappa shape index (κ3) is 5.44. The SMILES string of the molecule is C[C@H](OC(=O)c1ccc(-n2cccn2)cc1)C(=O)NC(=O)NC(C)(C)C. The van der Waals surface area contributed by atoms with Crippen LogP contribution in [0.5, 0.6) is 0 Å². The van der Waals surface area contributed by atoms with Gasteiger partial charge in [-0.1, -0.05) is 0 Å². The highest BCUT2D eigenvalue weighted by Crippen LogP contribution is 2.10. The van der Waals surface area contributed by atoms with Crippen molar-refractivity contribution in [2.24, 2.45) is 0 Å². The van der Waals surface area contributed by atoms with Crippen molar-refractivity contribution >= 4 is 17.9 Å². The van der Waals surface area contributed by atoms with Gasteiger partial charge in [0, 0.05) is 17.9 Å². The van der Waals surface area contributed by atoms with Gasteiger partial charge in [0.2, 0.25) is 0 Å². The highest BCUT2D eigenvalue weighted by atomic mass is 16.5. The number of nitrogens with zero attached hydrogens (tertiary/aromatic N) is 2. The quantitative estimate of drug-likeness (QED) is 0.814. The van der Waals surface area contributed by atoms with E-state index >= 15 is 0 Å². The Kier molecular flexibility index (Phi) is 5.76. The molecule has 2 rings (SSSR count). The van der Waals surface area contributed by atoms with Crippen molar-refractivity contribution in [2.45, 2.75) is 39.3 Å². The largest absolute Gasteiger partial charge is 0.449 e. The second kappa shape index (κ2) is 7.81. The number of nitrogens with one attached hydrogen (secondary N) is 2. The zero-order valence-corrected chi connectivity index (χ0v) is 15.1. The second-order valence-electron chi connectivity index (χ2n) is 6.74. The third-order valence-electron chi connectivity index (χ3n) is 3.25. The number of amides is 3. The number of benzene rings is 1. The Morgan fingerprint density at radius 2 is 1.81 bits per heavy atom. The number of rotatable bonds is 4. The van der Waals surface area contributed by atoms with Crippen LogP contribution in [0.3, 0.4) is 0 Å². The van der Waals surface area contributed by atoms with Crippen LogP contribution in [0.4, 0.5) is 4.79 Å². The molecule has 8 nitrogen and oxygen atoms in total.